The van der Waals surface area contributed by atoms with Crippen molar-refractivity contribution >= 4 is 0 Å². The van der Waals surface area contributed by atoms with E-state index in [2.05, 4.69) is 4.98 Å². The first-order valence-electron chi connectivity index (χ1n) is 4.69. The predicted molar refractivity (Wildman–Crippen MR) is 57.5 cm³/mol. The van der Waals surface area contributed by atoms with Gasteiger partial charge in [0.1, 0.15) is 5.82 Å². The zero-order valence-electron chi connectivity index (χ0n) is 8.15. The third kappa shape index (κ3) is 2.19. The minimum absolute atomic E-state index is 0.245. The quantitative estimate of drug-likeness (QED) is 0.811. The minimum atomic E-state index is -0.245. The molecular formula is C12H11FN2. The molecule has 0 radical (unpaired) electrons. The second kappa shape index (κ2) is 4.19. The van der Waals surface area contributed by atoms with Gasteiger partial charge >= 0.3 is 0 Å². The Balaban J connectivity index is 2.44. The van der Waals surface area contributed by atoms with Gasteiger partial charge in [0.25, 0.3) is 0 Å². The molecule has 1 aromatic carbocycles. The molecule has 0 aliphatic rings. The van der Waals surface area contributed by atoms with Crippen molar-refractivity contribution in [1.82, 2.24) is 4.98 Å². The molecule has 0 aliphatic carbocycles. The molecule has 0 saturated heterocycles. The van der Waals surface area contributed by atoms with Crippen LogP contribution in [0.3, 0.4) is 0 Å². The molecular weight excluding hydrogens is 191 g/mol. The van der Waals surface area contributed by atoms with E-state index in [0.717, 1.165) is 16.7 Å². The molecule has 2 nitrogen and oxygen atoms in total. The normalized spacial score (nSPS) is 10.3. The molecule has 1 aromatic heterocycles. The van der Waals surface area contributed by atoms with E-state index in [1.54, 1.807) is 18.5 Å². The Hall–Kier alpha value is -1.74. The van der Waals surface area contributed by atoms with Gasteiger partial charge in [-0.2, -0.15) is 0 Å². The molecule has 76 valence electrons. The van der Waals surface area contributed by atoms with Crippen molar-refractivity contribution < 1.29 is 4.39 Å². The topological polar surface area (TPSA) is 38.9 Å². The Kier molecular flexibility index (Phi) is 2.74. The van der Waals surface area contributed by atoms with E-state index in [1.807, 2.05) is 12.1 Å². The van der Waals surface area contributed by atoms with Crippen LogP contribution in [-0.4, -0.2) is 4.98 Å². The second-order valence-corrected chi connectivity index (χ2v) is 3.30. The smallest absolute Gasteiger partial charge is 0.123 e. The van der Waals surface area contributed by atoms with Crippen LogP contribution < -0.4 is 5.73 Å². The van der Waals surface area contributed by atoms with E-state index in [1.165, 1.54) is 12.1 Å². The highest BCUT2D eigenvalue weighted by Crippen LogP contribution is 2.19. The van der Waals surface area contributed by atoms with Crippen LogP contribution in [0.2, 0.25) is 0 Å². The zero-order valence-corrected chi connectivity index (χ0v) is 8.15. The van der Waals surface area contributed by atoms with Gasteiger partial charge in [0.05, 0.1) is 0 Å². The molecule has 1 heterocycles. The summed E-state index contributed by atoms with van der Waals surface area (Å²) >= 11 is 0. The van der Waals surface area contributed by atoms with Crippen LogP contribution in [0, 0.1) is 5.82 Å². The first kappa shape index (κ1) is 9.80. The molecule has 0 fully saturated rings. The number of nitrogens with zero attached hydrogens (tertiary/aromatic N) is 1. The fourth-order valence-corrected chi connectivity index (χ4v) is 1.43. The highest BCUT2D eigenvalue weighted by Gasteiger charge is 2.00. The van der Waals surface area contributed by atoms with Crippen LogP contribution in [0.5, 0.6) is 0 Å². The lowest BCUT2D eigenvalue weighted by Crippen LogP contribution is -1.97. The first-order chi connectivity index (χ1) is 7.29. The number of benzene rings is 1. The summed E-state index contributed by atoms with van der Waals surface area (Å²) in [6.45, 7) is 0.441. The van der Waals surface area contributed by atoms with Crippen LogP contribution in [0.1, 0.15) is 5.56 Å². The fourth-order valence-electron chi connectivity index (χ4n) is 1.43. The number of hydrogen-bond donors (Lipinski definition) is 1. The Labute approximate surface area is 87.6 Å². The molecule has 0 bridgehead atoms. The lowest BCUT2D eigenvalue weighted by Gasteiger charge is -2.03. The van der Waals surface area contributed by atoms with E-state index in [4.69, 9.17) is 5.73 Å². The van der Waals surface area contributed by atoms with Crippen molar-refractivity contribution in [3.63, 3.8) is 0 Å². The molecule has 0 amide bonds. The van der Waals surface area contributed by atoms with Crippen molar-refractivity contribution in [1.29, 1.82) is 0 Å². The largest absolute Gasteiger partial charge is 0.326 e. The fraction of sp³-hybridized carbons (Fsp3) is 0.0833. The highest BCUT2D eigenvalue weighted by molar-refractivity contribution is 5.62. The molecule has 2 rings (SSSR count). The summed E-state index contributed by atoms with van der Waals surface area (Å²) in [4.78, 5) is 4.06. The van der Waals surface area contributed by atoms with Gasteiger partial charge in [-0.25, -0.2) is 4.39 Å². The predicted octanol–water partition coefficient (Wildman–Crippen LogP) is 2.35. The molecule has 0 aliphatic heterocycles. The summed E-state index contributed by atoms with van der Waals surface area (Å²) in [7, 11) is 0. The Morgan fingerprint density at radius 1 is 1.13 bits per heavy atom. The van der Waals surface area contributed by atoms with Gasteiger partial charge in [0.15, 0.2) is 0 Å². The van der Waals surface area contributed by atoms with Crippen LogP contribution in [0.25, 0.3) is 11.1 Å². The van der Waals surface area contributed by atoms with Crippen molar-refractivity contribution in [2.24, 2.45) is 5.73 Å². The Bertz CT molecular complexity index is 469. The maximum atomic E-state index is 13.0. The maximum absolute atomic E-state index is 13.0. The molecule has 15 heavy (non-hydrogen) atoms. The third-order valence-corrected chi connectivity index (χ3v) is 2.19. The van der Waals surface area contributed by atoms with E-state index >= 15 is 0 Å². The summed E-state index contributed by atoms with van der Waals surface area (Å²) in [6, 6.07) is 8.35. The average molecular weight is 202 g/mol. The van der Waals surface area contributed by atoms with Gasteiger partial charge in [0.2, 0.25) is 0 Å². The van der Waals surface area contributed by atoms with Gasteiger partial charge in [-0.3, -0.25) is 4.98 Å². The third-order valence-electron chi connectivity index (χ3n) is 2.19. The number of rotatable bonds is 2. The van der Waals surface area contributed by atoms with Crippen LogP contribution in [-0.2, 0) is 6.54 Å². The van der Waals surface area contributed by atoms with Crippen LogP contribution in [0.15, 0.2) is 42.7 Å². The number of halogens is 1. The van der Waals surface area contributed by atoms with Gasteiger partial charge < -0.3 is 5.73 Å². The number of aromatic nitrogens is 1. The molecule has 0 saturated carbocycles. The maximum Gasteiger partial charge on any atom is 0.123 e. The summed E-state index contributed by atoms with van der Waals surface area (Å²) in [5.41, 5.74) is 8.16. The molecule has 0 unspecified atom stereocenters. The van der Waals surface area contributed by atoms with E-state index in [0.29, 0.717) is 6.54 Å². The Morgan fingerprint density at radius 3 is 2.73 bits per heavy atom. The van der Waals surface area contributed by atoms with Crippen molar-refractivity contribution in [3.05, 3.63) is 54.1 Å². The number of nitrogens with two attached hydrogens (primary N) is 1. The van der Waals surface area contributed by atoms with Gasteiger partial charge in [0, 0.05) is 24.5 Å². The average Bonchev–Trinajstić information content (AvgIpc) is 2.29. The lowest BCUT2D eigenvalue weighted by molar-refractivity contribution is 0.628. The van der Waals surface area contributed by atoms with E-state index in [9.17, 15) is 4.39 Å². The molecule has 0 atom stereocenters. The highest BCUT2D eigenvalue weighted by atomic mass is 19.1. The Morgan fingerprint density at radius 2 is 2.00 bits per heavy atom. The molecule has 3 heteroatoms. The van der Waals surface area contributed by atoms with Crippen molar-refractivity contribution in [3.8, 4) is 11.1 Å². The number of hydrogen-bond acceptors (Lipinski definition) is 2. The summed E-state index contributed by atoms with van der Waals surface area (Å²) < 4.78 is 13.0. The van der Waals surface area contributed by atoms with Crippen LogP contribution >= 0.6 is 0 Å². The first-order valence-corrected chi connectivity index (χ1v) is 4.69. The van der Waals surface area contributed by atoms with Crippen LogP contribution in [0.4, 0.5) is 4.39 Å². The van der Waals surface area contributed by atoms with Gasteiger partial charge in [-0.05, 0) is 29.3 Å². The van der Waals surface area contributed by atoms with Gasteiger partial charge in [-0.1, -0.05) is 12.1 Å². The number of pyridine rings is 1. The molecule has 2 aromatic rings. The summed E-state index contributed by atoms with van der Waals surface area (Å²) in [5.74, 6) is -0.245. The van der Waals surface area contributed by atoms with Gasteiger partial charge in [-0.15, -0.1) is 0 Å². The zero-order chi connectivity index (χ0) is 10.7. The monoisotopic (exact) mass is 202 g/mol. The van der Waals surface area contributed by atoms with Crippen molar-refractivity contribution in [2.45, 2.75) is 6.54 Å². The summed E-state index contributed by atoms with van der Waals surface area (Å²) in [5, 5.41) is 0. The standard InChI is InChI=1S/C12H11FN2/c13-12-3-1-2-10(5-12)11-4-9(6-14)7-15-8-11/h1-5,7-8H,6,14H2. The molecule has 2 N–H and O–H groups in total. The van der Waals surface area contributed by atoms with Crippen molar-refractivity contribution in [2.75, 3.05) is 0 Å². The minimum Gasteiger partial charge on any atom is -0.326 e. The van der Waals surface area contributed by atoms with E-state index < -0.39 is 0 Å². The second-order valence-electron chi connectivity index (χ2n) is 3.30. The SMILES string of the molecule is NCc1cncc(-c2cccc(F)c2)c1. The lowest BCUT2D eigenvalue weighted by atomic mass is 10.1. The molecule has 0 spiro atoms. The van der Waals surface area contributed by atoms with E-state index in [-0.39, 0.29) is 5.82 Å². The summed E-state index contributed by atoms with van der Waals surface area (Å²) in [6.07, 6.45) is 3.41.